The van der Waals surface area contributed by atoms with Gasteiger partial charge in [0.25, 0.3) is 5.91 Å². The average Bonchev–Trinajstić information content (AvgIpc) is 3.35. The summed E-state index contributed by atoms with van der Waals surface area (Å²) in [6.07, 6.45) is 4.36. The molecule has 3 rings (SSSR count). The molecule has 0 spiro atoms. The van der Waals surface area contributed by atoms with Crippen molar-refractivity contribution < 1.29 is 14.1 Å². The molecule has 0 unspecified atom stereocenters. The molecule has 1 aliphatic heterocycles. The van der Waals surface area contributed by atoms with Gasteiger partial charge in [-0.3, -0.25) is 19.2 Å². The number of rotatable bonds is 7. The second-order valence-electron chi connectivity index (χ2n) is 6.77. The molecule has 0 bridgehead atoms. The van der Waals surface area contributed by atoms with Crippen molar-refractivity contribution in [3.8, 4) is 0 Å². The van der Waals surface area contributed by atoms with E-state index in [1.54, 1.807) is 13.0 Å². The van der Waals surface area contributed by atoms with Gasteiger partial charge in [-0.25, -0.2) is 0 Å². The third-order valence-corrected chi connectivity index (χ3v) is 4.65. The van der Waals surface area contributed by atoms with E-state index in [1.165, 1.54) is 0 Å². The zero-order valence-corrected chi connectivity index (χ0v) is 15.9. The molecule has 9 nitrogen and oxygen atoms in total. The lowest BCUT2D eigenvalue weighted by Crippen LogP contribution is -2.42. The highest BCUT2D eigenvalue weighted by Crippen LogP contribution is 2.21. The SMILES string of the molecule is CCNC(=O)[C@@H]1C[C@H](NC(=O)c2cc(C)on2)CN1Cc1cnn(CC)c1. The molecule has 9 heteroatoms. The van der Waals surface area contributed by atoms with E-state index in [0.717, 1.165) is 12.1 Å². The van der Waals surface area contributed by atoms with Crippen LogP contribution < -0.4 is 10.6 Å². The Kier molecular flexibility index (Phi) is 5.90. The number of carbonyl (C=O) groups is 2. The minimum Gasteiger partial charge on any atom is -0.361 e. The molecule has 1 aliphatic rings. The van der Waals surface area contributed by atoms with Crippen molar-refractivity contribution in [2.45, 2.75) is 52.4 Å². The van der Waals surface area contributed by atoms with E-state index in [2.05, 4.69) is 25.8 Å². The number of aromatic nitrogens is 3. The normalized spacial score (nSPS) is 20.0. The molecule has 146 valence electrons. The molecule has 1 saturated heterocycles. The molecule has 2 N–H and O–H groups in total. The van der Waals surface area contributed by atoms with Crippen LogP contribution in [0.3, 0.4) is 0 Å². The van der Waals surface area contributed by atoms with E-state index in [1.807, 2.05) is 30.9 Å². The van der Waals surface area contributed by atoms with Crippen LogP contribution in [0.2, 0.25) is 0 Å². The van der Waals surface area contributed by atoms with Crippen LogP contribution in [0, 0.1) is 6.92 Å². The van der Waals surface area contributed by atoms with E-state index in [9.17, 15) is 9.59 Å². The molecule has 0 aliphatic carbocycles. The molecular formula is C18H26N6O3. The number of likely N-dealkylation sites (N-methyl/N-ethyl adjacent to an activating group) is 1. The van der Waals surface area contributed by atoms with Gasteiger partial charge < -0.3 is 15.2 Å². The number of aryl methyl sites for hydroxylation is 2. The fourth-order valence-electron chi connectivity index (χ4n) is 3.38. The summed E-state index contributed by atoms with van der Waals surface area (Å²) in [5, 5.41) is 13.9. The van der Waals surface area contributed by atoms with Gasteiger partial charge in [-0.1, -0.05) is 5.16 Å². The van der Waals surface area contributed by atoms with Crippen molar-refractivity contribution in [1.82, 2.24) is 30.5 Å². The molecule has 0 radical (unpaired) electrons. The second kappa shape index (κ2) is 8.34. The molecule has 1 fully saturated rings. The van der Waals surface area contributed by atoms with Gasteiger partial charge in [-0.2, -0.15) is 5.10 Å². The molecule has 0 saturated carbocycles. The van der Waals surface area contributed by atoms with E-state index < -0.39 is 0 Å². The van der Waals surface area contributed by atoms with Gasteiger partial charge in [0.15, 0.2) is 5.69 Å². The van der Waals surface area contributed by atoms with E-state index >= 15 is 0 Å². The first-order valence-electron chi connectivity index (χ1n) is 9.27. The molecule has 2 atom stereocenters. The first-order valence-corrected chi connectivity index (χ1v) is 9.27. The van der Waals surface area contributed by atoms with Crippen molar-refractivity contribution in [2.24, 2.45) is 0 Å². The maximum Gasteiger partial charge on any atom is 0.273 e. The summed E-state index contributed by atoms with van der Waals surface area (Å²) in [6.45, 7) is 8.24. The number of amides is 2. The van der Waals surface area contributed by atoms with Crippen molar-refractivity contribution >= 4 is 11.8 Å². The van der Waals surface area contributed by atoms with Crippen molar-refractivity contribution in [3.05, 3.63) is 35.5 Å². The lowest BCUT2D eigenvalue weighted by atomic mass is 10.1. The smallest absolute Gasteiger partial charge is 0.273 e. The average molecular weight is 374 g/mol. The molecule has 27 heavy (non-hydrogen) atoms. The highest BCUT2D eigenvalue weighted by atomic mass is 16.5. The standard InChI is InChI=1S/C18H26N6O3/c1-4-19-18(26)16-7-14(21-17(25)15-6-12(3)27-22-15)11-23(16)9-13-8-20-24(5-2)10-13/h6,8,10,14,16H,4-5,7,9,11H2,1-3H3,(H,19,26)(H,21,25)/t14-,16-/m0/s1. The number of hydrogen-bond donors (Lipinski definition) is 2. The number of carbonyl (C=O) groups excluding carboxylic acids is 2. The zero-order chi connectivity index (χ0) is 19.4. The fourth-order valence-corrected chi connectivity index (χ4v) is 3.38. The number of hydrogen-bond acceptors (Lipinski definition) is 6. The Morgan fingerprint density at radius 2 is 2.19 bits per heavy atom. The van der Waals surface area contributed by atoms with E-state index in [4.69, 9.17) is 4.52 Å². The predicted molar refractivity (Wildman–Crippen MR) is 97.9 cm³/mol. The minimum atomic E-state index is -0.292. The molecular weight excluding hydrogens is 348 g/mol. The fraction of sp³-hybridized carbons (Fsp3) is 0.556. The first-order chi connectivity index (χ1) is 13.0. The summed E-state index contributed by atoms with van der Waals surface area (Å²) in [5.74, 6) is 0.280. The summed E-state index contributed by atoms with van der Waals surface area (Å²) >= 11 is 0. The molecule has 0 aromatic carbocycles. The Morgan fingerprint density at radius 3 is 2.81 bits per heavy atom. The molecule has 2 aromatic rings. The second-order valence-corrected chi connectivity index (χ2v) is 6.77. The van der Waals surface area contributed by atoms with Crippen LogP contribution in [-0.2, 0) is 17.9 Å². The van der Waals surface area contributed by atoms with Crippen molar-refractivity contribution in [2.75, 3.05) is 13.1 Å². The third kappa shape index (κ3) is 4.54. The summed E-state index contributed by atoms with van der Waals surface area (Å²) in [7, 11) is 0. The van der Waals surface area contributed by atoms with Crippen LogP contribution >= 0.6 is 0 Å². The quantitative estimate of drug-likeness (QED) is 0.739. The molecule has 2 amide bonds. The van der Waals surface area contributed by atoms with Gasteiger partial charge in [-0.05, 0) is 27.2 Å². The minimum absolute atomic E-state index is 0.0191. The topological polar surface area (TPSA) is 105 Å². The largest absolute Gasteiger partial charge is 0.361 e. The van der Waals surface area contributed by atoms with E-state index in [0.29, 0.717) is 31.8 Å². The Balaban J connectivity index is 1.68. The highest BCUT2D eigenvalue weighted by molar-refractivity contribution is 5.92. The van der Waals surface area contributed by atoms with Gasteiger partial charge in [0.05, 0.1) is 12.2 Å². The van der Waals surface area contributed by atoms with Crippen LogP contribution in [0.1, 0.15) is 42.1 Å². The summed E-state index contributed by atoms with van der Waals surface area (Å²) in [4.78, 5) is 26.9. The van der Waals surface area contributed by atoms with Crippen LogP contribution in [-0.4, -0.2) is 56.8 Å². The Morgan fingerprint density at radius 1 is 1.37 bits per heavy atom. The first kappa shape index (κ1) is 19.1. The van der Waals surface area contributed by atoms with Gasteiger partial charge in [0.1, 0.15) is 5.76 Å². The lowest BCUT2D eigenvalue weighted by molar-refractivity contribution is -0.125. The molecule has 3 heterocycles. The third-order valence-electron chi connectivity index (χ3n) is 4.65. The van der Waals surface area contributed by atoms with Crippen LogP contribution in [0.4, 0.5) is 0 Å². The summed E-state index contributed by atoms with van der Waals surface area (Å²) < 4.78 is 6.82. The maximum atomic E-state index is 12.5. The van der Waals surface area contributed by atoms with Gasteiger partial charge in [0.2, 0.25) is 5.91 Å². The number of nitrogens with zero attached hydrogens (tertiary/aromatic N) is 4. The van der Waals surface area contributed by atoms with Crippen LogP contribution in [0.5, 0.6) is 0 Å². The number of likely N-dealkylation sites (tertiary alicyclic amines) is 1. The van der Waals surface area contributed by atoms with Crippen LogP contribution in [0.25, 0.3) is 0 Å². The maximum absolute atomic E-state index is 12.5. The van der Waals surface area contributed by atoms with Crippen molar-refractivity contribution in [3.63, 3.8) is 0 Å². The van der Waals surface area contributed by atoms with Gasteiger partial charge in [0, 0.05) is 50.0 Å². The van der Waals surface area contributed by atoms with Crippen LogP contribution in [0.15, 0.2) is 23.0 Å². The van der Waals surface area contributed by atoms with Crippen molar-refractivity contribution in [1.29, 1.82) is 0 Å². The zero-order valence-electron chi connectivity index (χ0n) is 15.9. The number of nitrogens with one attached hydrogen (secondary N) is 2. The Labute approximate surface area is 158 Å². The Hall–Kier alpha value is -2.68. The highest BCUT2D eigenvalue weighted by Gasteiger charge is 2.37. The summed E-state index contributed by atoms with van der Waals surface area (Å²) in [6, 6.07) is 1.17. The molecule has 2 aromatic heterocycles. The van der Waals surface area contributed by atoms with Gasteiger partial charge >= 0.3 is 0 Å². The monoisotopic (exact) mass is 374 g/mol. The lowest BCUT2D eigenvalue weighted by Gasteiger charge is -2.22. The van der Waals surface area contributed by atoms with E-state index in [-0.39, 0.29) is 29.6 Å². The predicted octanol–water partition coefficient (Wildman–Crippen LogP) is 0.708. The Bertz CT molecular complexity index is 799. The van der Waals surface area contributed by atoms with Gasteiger partial charge in [-0.15, -0.1) is 0 Å². The summed E-state index contributed by atoms with van der Waals surface area (Å²) in [5.41, 5.74) is 1.30.